The maximum Gasteiger partial charge on any atom is 0.245 e. The van der Waals surface area contributed by atoms with Crippen molar-refractivity contribution in [3.8, 4) is 0 Å². The molecule has 0 aliphatic carbocycles. The summed E-state index contributed by atoms with van der Waals surface area (Å²) in [5.74, 6) is 0.870. The first-order valence-corrected chi connectivity index (χ1v) is 10.8. The summed E-state index contributed by atoms with van der Waals surface area (Å²) >= 11 is 1.58. The Morgan fingerprint density at radius 1 is 1.04 bits per heavy atom. The molecule has 10 heteroatoms. The molecule has 0 unspecified atom stereocenters. The van der Waals surface area contributed by atoms with Gasteiger partial charge in [0.15, 0.2) is 0 Å². The molecule has 8 nitrogen and oxygen atoms in total. The van der Waals surface area contributed by atoms with Gasteiger partial charge in [0.2, 0.25) is 10.0 Å². The number of H-pyrrole nitrogens is 1. The van der Waals surface area contributed by atoms with E-state index in [1.807, 2.05) is 11.4 Å². The third-order valence-corrected chi connectivity index (χ3v) is 7.57. The number of hydrogen-bond donors (Lipinski definition) is 1. The molecule has 5 rings (SSSR count). The first kappa shape index (κ1) is 16.6. The second kappa shape index (κ2) is 6.25. The molecule has 27 heavy (non-hydrogen) atoms. The SMILES string of the molecule is O=S(=O)(c1c[nH]c2ncccc12)N1CCN(c2ncnc3sccc23)CC1. The van der Waals surface area contributed by atoms with Crippen molar-refractivity contribution in [2.75, 3.05) is 31.1 Å². The number of hydrogen-bond acceptors (Lipinski definition) is 7. The van der Waals surface area contributed by atoms with E-state index in [0.29, 0.717) is 37.2 Å². The van der Waals surface area contributed by atoms with Crippen molar-refractivity contribution in [1.29, 1.82) is 0 Å². The van der Waals surface area contributed by atoms with E-state index in [1.54, 1.807) is 36.0 Å². The number of sulfonamides is 1. The summed E-state index contributed by atoms with van der Waals surface area (Å²) in [6.45, 7) is 1.99. The molecule has 0 saturated carbocycles. The van der Waals surface area contributed by atoms with Crippen LogP contribution >= 0.6 is 11.3 Å². The summed E-state index contributed by atoms with van der Waals surface area (Å²) in [7, 11) is -3.58. The number of rotatable bonds is 3. The van der Waals surface area contributed by atoms with Crippen molar-refractivity contribution in [1.82, 2.24) is 24.2 Å². The molecule has 1 N–H and O–H groups in total. The van der Waals surface area contributed by atoms with Gasteiger partial charge in [0.05, 0.1) is 5.39 Å². The quantitative estimate of drug-likeness (QED) is 0.566. The Morgan fingerprint density at radius 3 is 2.74 bits per heavy atom. The van der Waals surface area contributed by atoms with Crippen LogP contribution < -0.4 is 4.90 Å². The maximum absolute atomic E-state index is 13.1. The highest BCUT2D eigenvalue weighted by Crippen LogP contribution is 2.29. The molecule has 1 aliphatic rings. The lowest BCUT2D eigenvalue weighted by Crippen LogP contribution is -2.48. The first-order chi connectivity index (χ1) is 13.1. The number of aromatic nitrogens is 4. The summed E-state index contributed by atoms with van der Waals surface area (Å²) in [6.07, 6.45) is 4.73. The number of fused-ring (bicyclic) bond motifs is 2. The van der Waals surface area contributed by atoms with Gasteiger partial charge in [0.25, 0.3) is 0 Å². The predicted octanol–water partition coefficient (Wildman–Crippen LogP) is 2.08. The molecule has 4 aromatic rings. The Labute approximate surface area is 159 Å². The standard InChI is InChI=1S/C17H16N6O2S2/c24-27(25,14-10-19-15-12(14)2-1-4-18-15)23-7-5-22(6-8-23)16-13-3-9-26-17(13)21-11-20-16/h1-4,9-11H,5-8H2,(H,18,19). The van der Waals surface area contributed by atoms with Gasteiger partial charge in [0.1, 0.15) is 27.5 Å². The van der Waals surface area contributed by atoms with Crippen LogP contribution in [0.5, 0.6) is 0 Å². The molecule has 0 amide bonds. The second-order valence-corrected chi connectivity index (χ2v) is 9.08. The van der Waals surface area contributed by atoms with Crippen molar-refractivity contribution in [2.24, 2.45) is 0 Å². The number of pyridine rings is 1. The zero-order chi connectivity index (χ0) is 18.4. The maximum atomic E-state index is 13.1. The molecule has 5 heterocycles. The van der Waals surface area contributed by atoms with Crippen molar-refractivity contribution in [2.45, 2.75) is 4.90 Å². The fraction of sp³-hybridized carbons (Fsp3) is 0.235. The van der Waals surface area contributed by atoms with Gasteiger partial charge in [0, 0.05) is 44.0 Å². The number of piperazine rings is 1. The average molecular weight is 400 g/mol. The highest BCUT2D eigenvalue weighted by Gasteiger charge is 2.31. The number of aromatic amines is 1. The molecule has 138 valence electrons. The molecule has 0 atom stereocenters. The smallest absolute Gasteiger partial charge is 0.245 e. The highest BCUT2D eigenvalue weighted by molar-refractivity contribution is 7.89. The lowest BCUT2D eigenvalue weighted by atomic mass is 10.3. The summed E-state index contributed by atoms with van der Waals surface area (Å²) in [5, 5.41) is 3.63. The van der Waals surface area contributed by atoms with Gasteiger partial charge in [-0.2, -0.15) is 4.31 Å². The van der Waals surface area contributed by atoms with E-state index in [1.165, 1.54) is 10.5 Å². The molecule has 1 fully saturated rings. The van der Waals surface area contributed by atoms with E-state index < -0.39 is 10.0 Å². The lowest BCUT2D eigenvalue weighted by molar-refractivity contribution is 0.384. The third-order valence-electron chi connectivity index (χ3n) is 4.81. The predicted molar refractivity (Wildman–Crippen MR) is 104 cm³/mol. The molecular formula is C17H16N6O2S2. The normalized spacial score (nSPS) is 16.4. The van der Waals surface area contributed by atoms with Crippen molar-refractivity contribution in [3.63, 3.8) is 0 Å². The van der Waals surface area contributed by atoms with E-state index in [-0.39, 0.29) is 4.90 Å². The Bertz CT molecular complexity index is 1220. The minimum atomic E-state index is -3.58. The Morgan fingerprint density at radius 2 is 1.89 bits per heavy atom. The zero-order valence-electron chi connectivity index (χ0n) is 14.2. The van der Waals surface area contributed by atoms with Crippen LogP contribution in [0.4, 0.5) is 5.82 Å². The van der Waals surface area contributed by atoms with Crippen LogP contribution in [0.2, 0.25) is 0 Å². The molecular weight excluding hydrogens is 384 g/mol. The Kier molecular flexibility index (Phi) is 3.85. The van der Waals surface area contributed by atoms with Gasteiger partial charge >= 0.3 is 0 Å². The van der Waals surface area contributed by atoms with Crippen LogP contribution in [0, 0.1) is 0 Å². The van der Waals surface area contributed by atoms with Crippen LogP contribution in [-0.4, -0.2) is 58.8 Å². The second-order valence-electron chi connectivity index (χ2n) is 6.28. The molecule has 0 aromatic carbocycles. The molecule has 0 bridgehead atoms. The molecule has 4 aromatic heterocycles. The van der Waals surface area contributed by atoms with Gasteiger partial charge in [-0.3, -0.25) is 0 Å². The van der Waals surface area contributed by atoms with E-state index in [9.17, 15) is 8.42 Å². The summed E-state index contributed by atoms with van der Waals surface area (Å²) in [5.41, 5.74) is 0.579. The van der Waals surface area contributed by atoms with Gasteiger partial charge < -0.3 is 9.88 Å². The molecule has 1 saturated heterocycles. The minimum Gasteiger partial charge on any atom is -0.353 e. The van der Waals surface area contributed by atoms with Crippen molar-refractivity contribution in [3.05, 3.63) is 42.3 Å². The average Bonchev–Trinajstić information content (AvgIpc) is 3.35. The topological polar surface area (TPSA) is 95.1 Å². The van der Waals surface area contributed by atoms with E-state index >= 15 is 0 Å². The first-order valence-electron chi connectivity index (χ1n) is 8.50. The number of nitrogens with one attached hydrogen (secondary N) is 1. The van der Waals surface area contributed by atoms with Gasteiger partial charge in [-0.05, 0) is 23.6 Å². The summed E-state index contributed by atoms with van der Waals surface area (Å²) < 4.78 is 27.8. The fourth-order valence-corrected chi connectivity index (χ4v) is 5.75. The number of anilines is 1. The van der Waals surface area contributed by atoms with Gasteiger partial charge in [-0.25, -0.2) is 23.4 Å². The molecule has 0 radical (unpaired) electrons. The van der Waals surface area contributed by atoms with Gasteiger partial charge in [-0.15, -0.1) is 11.3 Å². The highest BCUT2D eigenvalue weighted by atomic mass is 32.2. The number of thiophene rings is 1. The lowest BCUT2D eigenvalue weighted by Gasteiger charge is -2.34. The largest absolute Gasteiger partial charge is 0.353 e. The van der Waals surface area contributed by atoms with Crippen LogP contribution in [0.1, 0.15) is 0 Å². The van der Waals surface area contributed by atoms with Crippen LogP contribution in [-0.2, 0) is 10.0 Å². The zero-order valence-corrected chi connectivity index (χ0v) is 15.9. The Hall–Kier alpha value is -2.56. The van der Waals surface area contributed by atoms with E-state index in [2.05, 4.69) is 24.8 Å². The van der Waals surface area contributed by atoms with Crippen LogP contribution in [0.15, 0.2) is 47.2 Å². The molecule has 0 spiro atoms. The minimum absolute atomic E-state index is 0.279. The molecule has 1 aliphatic heterocycles. The monoisotopic (exact) mass is 400 g/mol. The van der Waals surface area contributed by atoms with Crippen LogP contribution in [0.25, 0.3) is 21.3 Å². The fourth-order valence-electron chi connectivity index (χ4n) is 3.45. The van der Waals surface area contributed by atoms with Crippen molar-refractivity contribution >= 4 is 48.4 Å². The van der Waals surface area contributed by atoms with E-state index in [0.717, 1.165) is 16.0 Å². The summed E-state index contributed by atoms with van der Waals surface area (Å²) in [6, 6.07) is 5.53. The van der Waals surface area contributed by atoms with Crippen LogP contribution in [0.3, 0.4) is 0 Å². The van der Waals surface area contributed by atoms with E-state index in [4.69, 9.17) is 0 Å². The van der Waals surface area contributed by atoms with Gasteiger partial charge in [-0.1, -0.05) is 0 Å². The Balaban J connectivity index is 1.41. The van der Waals surface area contributed by atoms with Crippen molar-refractivity contribution < 1.29 is 8.42 Å². The number of nitrogens with zero attached hydrogens (tertiary/aromatic N) is 5. The summed E-state index contributed by atoms with van der Waals surface area (Å²) in [4.78, 5) is 19.2. The third kappa shape index (κ3) is 2.68.